The van der Waals surface area contributed by atoms with Crippen LogP contribution in [0, 0.1) is 0 Å². The predicted molar refractivity (Wildman–Crippen MR) is 55.1 cm³/mol. The predicted octanol–water partition coefficient (Wildman–Crippen LogP) is 0.218. The van der Waals surface area contributed by atoms with Gasteiger partial charge < -0.3 is 17.2 Å². The first-order chi connectivity index (χ1) is 6.65. The number of nitrogens with zero attached hydrogens (tertiary/aromatic N) is 2. The molecule has 72 valence electrons. The molecule has 0 spiro atoms. The summed E-state index contributed by atoms with van der Waals surface area (Å²) >= 11 is 0. The van der Waals surface area contributed by atoms with Crippen molar-refractivity contribution in [2.45, 2.75) is 0 Å². The van der Waals surface area contributed by atoms with Gasteiger partial charge in [0.25, 0.3) is 0 Å². The summed E-state index contributed by atoms with van der Waals surface area (Å²) in [7, 11) is 0. The van der Waals surface area contributed by atoms with Gasteiger partial charge in [-0.05, 0) is 18.2 Å². The molecule has 0 unspecified atom stereocenters. The van der Waals surface area contributed by atoms with Gasteiger partial charge in [0.2, 0.25) is 5.95 Å². The third kappa shape index (κ3) is 1.45. The Morgan fingerprint density at radius 3 is 2.14 bits per heavy atom. The van der Waals surface area contributed by atoms with Crippen LogP contribution < -0.4 is 17.2 Å². The molecule has 0 fully saturated rings. The van der Waals surface area contributed by atoms with Crippen molar-refractivity contribution < 1.29 is 0 Å². The maximum atomic E-state index is 5.63. The summed E-state index contributed by atoms with van der Waals surface area (Å²) in [6.45, 7) is 0. The molecule has 6 nitrogen and oxygen atoms in total. The summed E-state index contributed by atoms with van der Waals surface area (Å²) in [5.41, 5.74) is 18.6. The highest BCUT2D eigenvalue weighted by atomic mass is 15.3. The molecule has 0 saturated carbocycles. The van der Waals surface area contributed by atoms with Crippen molar-refractivity contribution >= 4 is 17.3 Å². The molecule has 0 radical (unpaired) electrons. The van der Waals surface area contributed by atoms with E-state index in [1.165, 1.54) is 0 Å². The molecule has 7 N–H and O–H groups in total. The van der Waals surface area contributed by atoms with E-state index in [0.29, 0.717) is 17.2 Å². The Hall–Kier alpha value is -2.24. The first-order valence-corrected chi connectivity index (χ1v) is 3.99. The van der Waals surface area contributed by atoms with Crippen LogP contribution >= 0.6 is 0 Å². The number of rotatable bonds is 1. The molecule has 1 aromatic carbocycles. The standard InChI is InChI=1S/C8H10N6/c9-5-1-4(2-6(10)3-5)7-12-8(11)14-13-7/h1-3H,9-10H2,(H3,11,12,13,14). The van der Waals surface area contributed by atoms with Crippen molar-refractivity contribution in [3.63, 3.8) is 0 Å². The molecular formula is C8H10N6. The fourth-order valence-corrected chi connectivity index (χ4v) is 1.22. The van der Waals surface area contributed by atoms with Crippen molar-refractivity contribution in [2.75, 3.05) is 17.2 Å². The zero-order chi connectivity index (χ0) is 10.1. The van der Waals surface area contributed by atoms with Crippen LogP contribution in [0.5, 0.6) is 0 Å². The lowest BCUT2D eigenvalue weighted by atomic mass is 10.1. The lowest BCUT2D eigenvalue weighted by Gasteiger charge is -2.00. The number of benzene rings is 1. The van der Waals surface area contributed by atoms with Crippen LogP contribution in [-0.4, -0.2) is 15.2 Å². The Balaban J connectivity index is 2.51. The largest absolute Gasteiger partial charge is 0.399 e. The second kappa shape index (κ2) is 2.91. The van der Waals surface area contributed by atoms with Gasteiger partial charge in [-0.2, -0.15) is 4.98 Å². The summed E-state index contributed by atoms with van der Waals surface area (Å²) in [6.07, 6.45) is 0. The van der Waals surface area contributed by atoms with Crippen LogP contribution in [0.1, 0.15) is 0 Å². The minimum Gasteiger partial charge on any atom is -0.399 e. The summed E-state index contributed by atoms with van der Waals surface area (Å²) in [5.74, 6) is 0.752. The van der Waals surface area contributed by atoms with E-state index >= 15 is 0 Å². The monoisotopic (exact) mass is 190 g/mol. The summed E-state index contributed by atoms with van der Waals surface area (Å²) in [4.78, 5) is 3.96. The Bertz CT molecular complexity index is 440. The van der Waals surface area contributed by atoms with E-state index in [-0.39, 0.29) is 5.95 Å². The first kappa shape index (κ1) is 8.36. The minimum absolute atomic E-state index is 0.195. The number of hydrogen-bond donors (Lipinski definition) is 4. The molecule has 0 saturated heterocycles. The van der Waals surface area contributed by atoms with Crippen LogP contribution in [0.25, 0.3) is 11.4 Å². The second-order valence-electron chi connectivity index (χ2n) is 2.93. The maximum Gasteiger partial charge on any atom is 0.239 e. The van der Waals surface area contributed by atoms with Gasteiger partial charge in [-0.15, -0.1) is 5.10 Å². The van der Waals surface area contributed by atoms with Gasteiger partial charge in [0, 0.05) is 16.9 Å². The fourth-order valence-electron chi connectivity index (χ4n) is 1.22. The lowest BCUT2D eigenvalue weighted by molar-refractivity contribution is 1.10. The number of nitrogen functional groups attached to an aromatic ring is 3. The molecule has 1 aromatic heterocycles. The van der Waals surface area contributed by atoms with Gasteiger partial charge in [0.05, 0.1) is 0 Å². The van der Waals surface area contributed by atoms with Gasteiger partial charge >= 0.3 is 0 Å². The molecule has 2 rings (SSSR count). The molecule has 0 aliphatic rings. The molecule has 0 bridgehead atoms. The first-order valence-electron chi connectivity index (χ1n) is 3.99. The zero-order valence-electron chi connectivity index (χ0n) is 7.36. The van der Waals surface area contributed by atoms with Crippen LogP contribution in [-0.2, 0) is 0 Å². The number of H-pyrrole nitrogens is 1. The van der Waals surface area contributed by atoms with E-state index in [1.54, 1.807) is 18.2 Å². The number of aromatic amines is 1. The Kier molecular flexibility index (Phi) is 1.74. The average molecular weight is 190 g/mol. The minimum atomic E-state index is 0.195. The van der Waals surface area contributed by atoms with E-state index < -0.39 is 0 Å². The van der Waals surface area contributed by atoms with Crippen molar-refractivity contribution in [1.82, 2.24) is 15.2 Å². The van der Waals surface area contributed by atoms with E-state index in [9.17, 15) is 0 Å². The molecule has 2 aromatic rings. The van der Waals surface area contributed by atoms with Gasteiger partial charge in [-0.1, -0.05) is 0 Å². The normalized spacial score (nSPS) is 10.3. The number of nitrogens with one attached hydrogen (secondary N) is 1. The van der Waals surface area contributed by atoms with Gasteiger partial charge in [-0.3, -0.25) is 5.10 Å². The van der Waals surface area contributed by atoms with Crippen molar-refractivity contribution in [3.05, 3.63) is 18.2 Å². The third-order valence-electron chi connectivity index (χ3n) is 1.75. The van der Waals surface area contributed by atoms with Crippen LogP contribution in [0.3, 0.4) is 0 Å². The third-order valence-corrected chi connectivity index (χ3v) is 1.75. The Labute approximate surface area is 80.1 Å². The SMILES string of the molecule is Nc1cc(N)cc(-c2nc(N)n[nH]2)c1. The highest BCUT2D eigenvalue weighted by Gasteiger charge is 2.04. The summed E-state index contributed by atoms with van der Waals surface area (Å²) < 4.78 is 0. The molecule has 6 heteroatoms. The molecule has 14 heavy (non-hydrogen) atoms. The molecule has 0 aliphatic heterocycles. The fraction of sp³-hybridized carbons (Fsp3) is 0. The number of anilines is 3. The number of hydrogen-bond acceptors (Lipinski definition) is 5. The van der Waals surface area contributed by atoms with Crippen molar-refractivity contribution in [1.29, 1.82) is 0 Å². The average Bonchev–Trinajstić information content (AvgIpc) is 2.50. The zero-order valence-corrected chi connectivity index (χ0v) is 7.36. The quantitative estimate of drug-likeness (QED) is 0.479. The van der Waals surface area contributed by atoms with E-state index in [0.717, 1.165) is 5.56 Å². The maximum absolute atomic E-state index is 5.63. The highest BCUT2D eigenvalue weighted by Crippen LogP contribution is 2.21. The van der Waals surface area contributed by atoms with E-state index in [4.69, 9.17) is 17.2 Å². The summed E-state index contributed by atoms with van der Waals surface area (Å²) in [6, 6.07) is 5.16. The van der Waals surface area contributed by atoms with Gasteiger partial charge in [0.15, 0.2) is 5.82 Å². The Morgan fingerprint density at radius 1 is 1.00 bits per heavy atom. The second-order valence-corrected chi connectivity index (χ2v) is 2.93. The van der Waals surface area contributed by atoms with Crippen LogP contribution in [0.15, 0.2) is 18.2 Å². The molecule has 0 atom stereocenters. The molecule has 1 heterocycles. The van der Waals surface area contributed by atoms with Gasteiger partial charge in [-0.25, -0.2) is 0 Å². The number of aromatic nitrogens is 3. The smallest absolute Gasteiger partial charge is 0.239 e. The Morgan fingerprint density at radius 2 is 1.64 bits per heavy atom. The molecule has 0 aliphatic carbocycles. The van der Waals surface area contributed by atoms with E-state index in [2.05, 4.69) is 15.2 Å². The van der Waals surface area contributed by atoms with E-state index in [1.807, 2.05) is 0 Å². The van der Waals surface area contributed by atoms with Gasteiger partial charge in [0.1, 0.15) is 0 Å². The number of nitrogens with two attached hydrogens (primary N) is 3. The van der Waals surface area contributed by atoms with Crippen molar-refractivity contribution in [3.8, 4) is 11.4 Å². The molecule has 0 amide bonds. The summed E-state index contributed by atoms with van der Waals surface area (Å²) in [5, 5.41) is 6.39. The highest BCUT2D eigenvalue weighted by molar-refractivity contribution is 5.68. The van der Waals surface area contributed by atoms with Crippen LogP contribution in [0.4, 0.5) is 17.3 Å². The lowest BCUT2D eigenvalue weighted by Crippen LogP contribution is -1.92. The molecular weight excluding hydrogens is 180 g/mol. The topological polar surface area (TPSA) is 120 Å². The van der Waals surface area contributed by atoms with Crippen molar-refractivity contribution in [2.24, 2.45) is 0 Å². The van der Waals surface area contributed by atoms with Crippen LogP contribution in [0.2, 0.25) is 0 Å².